The van der Waals surface area contributed by atoms with E-state index in [-0.39, 0.29) is 11.4 Å². The van der Waals surface area contributed by atoms with Gasteiger partial charge in [-0.25, -0.2) is 0 Å². The van der Waals surface area contributed by atoms with Crippen molar-refractivity contribution in [2.75, 3.05) is 0 Å². The van der Waals surface area contributed by atoms with E-state index < -0.39 is 39.6 Å². The second-order valence-corrected chi connectivity index (χ2v) is 7.48. The molecule has 0 radical (unpaired) electrons. The molecule has 1 aliphatic heterocycles. The molecule has 1 atom stereocenters. The normalized spacial score (nSPS) is 19.9. The molecule has 1 aliphatic rings. The van der Waals surface area contributed by atoms with E-state index in [1.807, 2.05) is 0 Å². The SMILES string of the molecule is CC1(C)C(=O)N(C(C)(C)C)C(=O)C1C(=O)Oc1ccc([N+](=O)[O-])cc1. The van der Waals surface area contributed by atoms with Crippen LogP contribution in [-0.2, 0) is 14.4 Å². The summed E-state index contributed by atoms with van der Waals surface area (Å²) >= 11 is 0. The highest BCUT2D eigenvalue weighted by molar-refractivity contribution is 6.16. The van der Waals surface area contributed by atoms with Crippen molar-refractivity contribution >= 4 is 23.5 Å². The molecule has 8 nitrogen and oxygen atoms in total. The van der Waals surface area contributed by atoms with Crippen LogP contribution in [0.2, 0.25) is 0 Å². The van der Waals surface area contributed by atoms with Gasteiger partial charge in [-0.15, -0.1) is 0 Å². The molecule has 0 spiro atoms. The highest BCUT2D eigenvalue weighted by atomic mass is 16.6. The largest absolute Gasteiger partial charge is 0.426 e. The van der Waals surface area contributed by atoms with Gasteiger partial charge in [-0.05, 0) is 46.8 Å². The second-order valence-electron chi connectivity index (χ2n) is 7.48. The molecule has 2 amide bonds. The first kappa shape index (κ1) is 18.6. The average molecular weight is 348 g/mol. The van der Waals surface area contributed by atoms with Gasteiger partial charge in [0.25, 0.3) is 5.69 Å². The summed E-state index contributed by atoms with van der Waals surface area (Å²) in [6.45, 7) is 8.19. The minimum Gasteiger partial charge on any atom is -0.426 e. The van der Waals surface area contributed by atoms with Crippen molar-refractivity contribution in [3.8, 4) is 5.75 Å². The summed E-state index contributed by atoms with van der Waals surface area (Å²) in [5, 5.41) is 10.6. The standard InChI is InChI=1S/C17H20N2O6/c1-16(2,3)18-13(20)12(17(4,5)15(18)22)14(21)25-11-8-6-10(7-9-11)19(23)24/h6-9,12H,1-5H3. The molecular weight excluding hydrogens is 328 g/mol. The summed E-state index contributed by atoms with van der Waals surface area (Å²) < 4.78 is 5.19. The number of nitro groups is 1. The van der Waals surface area contributed by atoms with Crippen LogP contribution in [0.3, 0.4) is 0 Å². The summed E-state index contributed by atoms with van der Waals surface area (Å²) in [4.78, 5) is 48.9. The van der Waals surface area contributed by atoms with Gasteiger partial charge in [-0.3, -0.25) is 29.4 Å². The number of carbonyl (C=O) groups excluding carboxylic acids is 3. The van der Waals surface area contributed by atoms with Crippen LogP contribution in [0.5, 0.6) is 5.75 Å². The van der Waals surface area contributed by atoms with Crippen LogP contribution in [0.4, 0.5) is 5.69 Å². The first-order chi connectivity index (χ1) is 11.4. The topological polar surface area (TPSA) is 107 Å². The van der Waals surface area contributed by atoms with E-state index in [1.165, 1.54) is 38.1 Å². The number of hydrogen-bond donors (Lipinski definition) is 0. The first-order valence-corrected chi connectivity index (χ1v) is 7.72. The lowest BCUT2D eigenvalue weighted by atomic mass is 9.81. The van der Waals surface area contributed by atoms with Gasteiger partial charge in [-0.1, -0.05) is 0 Å². The average Bonchev–Trinajstić information content (AvgIpc) is 2.64. The van der Waals surface area contributed by atoms with Gasteiger partial charge in [0, 0.05) is 17.7 Å². The predicted octanol–water partition coefficient (Wildman–Crippen LogP) is 2.31. The third-order valence-electron chi connectivity index (χ3n) is 4.12. The highest BCUT2D eigenvalue weighted by Gasteiger charge is 2.60. The molecule has 1 aromatic rings. The van der Waals surface area contributed by atoms with Crippen LogP contribution in [0.25, 0.3) is 0 Å². The molecule has 1 saturated heterocycles. The molecule has 1 unspecified atom stereocenters. The molecule has 1 heterocycles. The molecule has 2 rings (SSSR count). The number of carbonyl (C=O) groups is 3. The smallest absolute Gasteiger partial charge is 0.325 e. The number of hydrogen-bond acceptors (Lipinski definition) is 6. The molecule has 25 heavy (non-hydrogen) atoms. The van der Waals surface area contributed by atoms with Crippen LogP contribution < -0.4 is 4.74 Å². The second kappa shape index (κ2) is 5.94. The lowest BCUT2D eigenvalue weighted by Gasteiger charge is -2.30. The molecule has 1 fully saturated rings. The monoisotopic (exact) mass is 348 g/mol. The summed E-state index contributed by atoms with van der Waals surface area (Å²) in [5.41, 5.74) is -2.14. The van der Waals surface area contributed by atoms with E-state index in [1.54, 1.807) is 20.8 Å². The fourth-order valence-electron chi connectivity index (χ4n) is 2.79. The van der Waals surface area contributed by atoms with Crippen molar-refractivity contribution in [3.63, 3.8) is 0 Å². The summed E-state index contributed by atoms with van der Waals surface area (Å²) in [6.07, 6.45) is 0. The maximum atomic E-state index is 12.7. The minimum atomic E-state index is -1.27. The molecule has 0 aliphatic carbocycles. The number of nitro benzene ring substituents is 1. The zero-order chi connectivity index (χ0) is 19.2. The lowest BCUT2D eigenvalue weighted by molar-refractivity contribution is -0.384. The zero-order valence-corrected chi connectivity index (χ0v) is 14.7. The predicted molar refractivity (Wildman–Crippen MR) is 87.6 cm³/mol. The van der Waals surface area contributed by atoms with E-state index >= 15 is 0 Å². The molecule has 0 aromatic heterocycles. The number of amides is 2. The molecule has 0 bridgehead atoms. The Hall–Kier alpha value is -2.77. The quantitative estimate of drug-likeness (QED) is 0.207. The van der Waals surface area contributed by atoms with Gasteiger partial charge in [0.1, 0.15) is 5.75 Å². The third kappa shape index (κ3) is 3.24. The van der Waals surface area contributed by atoms with Crippen LogP contribution in [0.1, 0.15) is 34.6 Å². The fourth-order valence-corrected chi connectivity index (χ4v) is 2.79. The Morgan fingerprint density at radius 1 is 1.20 bits per heavy atom. The van der Waals surface area contributed by atoms with Crippen LogP contribution >= 0.6 is 0 Å². The van der Waals surface area contributed by atoms with E-state index in [9.17, 15) is 24.5 Å². The van der Waals surface area contributed by atoms with Gasteiger partial charge >= 0.3 is 5.97 Å². The van der Waals surface area contributed by atoms with Gasteiger partial charge in [0.15, 0.2) is 5.92 Å². The number of rotatable bonds is 3. The molecule has 0 N–H and O–H groups in total. The van der Waals surface area contributed by atoms with E-state index in [0.29, 0.717) is 0 Å². The van der Waals surface area contributed by atoms with Crippen LogP contribution in [-0.4, -0.2) is 33.1 Å². The van der Waals surface area contributed by atoms with Crippen molar-refractivity contribution in [2.45, 2.75) is 40.2 Å². The first-order valence-electron chi connectivity index (χ1n) is 7.72. The van der Waals surface area contributed by atoms with Gasteiger partial charge in [-0.2, -0.15) is 0 Å². The summed E-state index contributed by atoms with van der Waals surface area (Å²) in [6, 6.07) is 4.92. The lowest BCUT2D eigenvalue weighted by Crippen LogP contribution is -2.46. The van der Waals surface area contributed by atoms with Gasteiger partial charge < -0.3 is 4.74 Å². The minimum absolute atomic E-state index is 0.0702. The summed E-state index contributed by atoms with van der Waals surface area (Å²) in [7, 11) is 0. The van der Waals surface area contributed by atoms with Crippen molar-refractivity contribution in [2.24, 2.45) is 11.3 Å². The molecular formula is C17H20N2O6. The Bertz CT molecular complexity index is 745. The van der Waals surface area contributed by atoms with Crippen LogP contribution in [0.15, 0.2) is 24.3 Å². The van der Waals surface area contributed by atoms with Crippen molar-refractivity contribution in [1.29, 1.82) is 0 Å². The number of likely N-dealkylation sites (tertiary alicyclic amines) is 1. The Labute approximate surface area is 144 Å². The fraction of sp³-hybridized carbons (Fsp3) is 0.471. The van der Waals surface area contributed by atoms with Gasteiger partial charge in [0.05, 0.1) is 10.3 Å². The number of benzene rings is 1. The molecule has 1 aromatic carbocycles. The summed E-state index contributed by atoms with van der Waals surface area (Å²) in [5.74, 6) is -3.09. The number of nitrogens with zero attached hydrogens (tertiary/aromatic N) is 2. The third-order valence-corrected chi connectivity index (χ3v) is 4.12. The van der Waals surface area contributed by atoms with Crippen LogP contribution in [0, 0.1) is 21.4 Å². The Balaban J connectivity index is 2.27. The maximum absolute atomic E-state index is 12.7. The maximum Gasteiger partial charge on any atom is 0.325 e. The van der Waals surface area contributed by atoms with Crippen molar-refractivity contribution < 1.29 is 24.0 Å². The van der Waals surface area contributed by atoms with Gasteiger partial charge in [0.2, 0.25) is 11.8 Å². The number of esters is 1. The number of non-ortho nitro benzene ring substituents is 1. The number of ether oxygens (including phenoxy) is 1. The number of imide groups is 1. The Kier molecular flexibility index (Phi) is 4.42. The van der Waals surface area contributed by atoms with Crippen molar-refractivity contribution in [3.05, 3.63) is 34.4 Å². The molecule has 8 heteroatoms. The van der Waals surface area contributed by atoms with E-state index in [2.05, 4.69) is 0 Å². The van der Waals surface area contributed by atoms with E-state index in [0.717, 1.165) is 4.90 Å². The molecule has 0 saturated carbocycles. The Morgan fingerprint density at radius 3 is 2.12 bits per heavy atom. The molecule has 134 valence electrons. The van der Waals surface area contributed by atoms with E-state index in [4.69, 9.17) is 4.74 Å². The highest BCUT2D eigenvalue weighted by Crippen LogP contribution is 2.41. The van der Waals surface area contributed by atoms with Crippen molar-refractivity contribution in [1.82, 2.24) is 4.90 Å². The Morgan fingerprint density at radius 2 is 1.72 bits per heavy atom. The zero-order valence-electron chi connectivity index (χ0n) is 14.7.